The van der Waals surface area contributed by atoms with Gasteiger partial charge in [-0.2, -0.15) is 0 Å². The van der Waals surface area contributed by atoms with Crippen LogP contribution in [-0.2, 0) is 13.0 Å². The Kier molecular flexibility index (Phi) is 9.61. The van der Waals surface area contributed by atoms with E-state index in [9.17, 15) is 0 Å². The van der Waals surface area contributed by atoms with Crippen LogP contribution in [0.4, 0.5) is 0 Å². The number of benzene rings is 1. The van der Waals surface area contributed by atoms with Crippen LogP contribution in [0.1, 0.15) is 42.7 Å². The molecule has 180 valence electrons. The summed E-state index contributed by atoms with van der Waals surface area (Å²) >= 11 is 0. The van der Waals surface area contributed by atoms with Crippen molar-refractivity contribution in [3.63, 3.8) is 0 Å². The van der Waals surface area contributed by atoms with E-state index < -0.39 is 0 Å². The van der Waals surface area contributed by atoms with Crippen molar-refractivity contribution in [2.24, 2.45) is 10.9 Å². The Morgan fingerprint density at radius 2 is 2.00 bits per heavy atom. The molecule has 1 saturated heterocycles. The smallest absolute Gasteiger partial charge is 0.208 e. The molecule has 7 nitrogen and oxygen atoms in total. The van der Waals surface area contributed by atoms with E-state index in [1.54, 1.807) is 0 Å². The van der Waals surface area contributed by atoms with Crippen molar-refractivity contribution < 1.29 is 4.42 Å². The zero-order valence-electron chi connectivity index (χ0n) is 20.0. The number of rotatable bonds is 8. The fraction of sp³-hybridized carbons (Fsp3) is 0.520. The number of hydrogen-bond donors (Lipinski definition) is 3. The van der Waals surface area contributed by atoms with Crippen LogP contribution in [-0.4, -0.2) is 53.6 Å². The Bertz CT molecular complexity index is 1020. The van der Waals surface area contributed by atoms with Crippen molar-refractivity contribution in [1.29, 1.82) is 0 Å². The molecule has 0 unspecified atom stereocenters. The molecule has 0 saturated carbocycles. The van der Waals surface area contributed by atoms with Gasteiger partial charge in [0.1, 0.15) is 5.76 Å². The van der Waals surface area contributed by atoms with Gasteiger partial charge < -0.3 is 20.0 Å². The van der Waals surface area contributed by atoms with Gasteiger partial charge in [-0.15, -0.1) is 24.0 Å². The number of para-hydroxylation sites is 1. The lowest BCUT2D eigenvalue weighted by Crippen LogP contribution is -2.39. The molecular weight excluding hydrogens is 527 g/mol. The number of nitrogens with zero attached hydrogens (tertiary/aromatic N) is 3. The van der Waals surface area contributed by atoms with E-state index >= 15 is 0 Å². The lowest BCUT2D eigenvalue weighted by Gasteiger charge is -2.30. The van der Waals surface area contributed by atoms with Crippen molar-refractivity contribution in [2.45, 2.75) is 46.6 Å². The molecule has 4 rings (SSSR count). The van der Waals surface area contributed by atoms with Gasteiger partial charge in [-0.25, -0.2) is 4.98 Å². The Hall–Kier alpha value is -2.07. The number of piperidine rings is 1. The van der Waals surface area contributed by atoms with Crippen molar-refractivity contribution >= 4 is 40.8 Å². The zero-order chi connectivity index (χ0) is 22.3. The Balaban J connectivity index is 0.00000306. The summed E-state index contributed by atoms with van der Waals surface area (Å²) in [5.41, 5.74) is 3.53. The molecule has 0 radical (unpaired) electrons. The number of likely N-dealkylation sites (tertiary alicyclic amines) is 1. The van der Waals surface area contributed by atoms with Crippen molar-refractivity contribution in [1.82, 2.24) is 25.5 Å². The lowest BCUT2D eigenvalue weighted by molar-refractivity contribution is 0.166. The highest BCUT2D eigenvalue weighted by molar-refractivity contribution is 14.0. The third-order valence-electron chi connectivity index (χ3n) is 6.35. The minimum Gasteiger partial charge on any atom is -0.444 e. The molecule has 0 atom stereocenters. The second-order valence-electron chi connectivity index (χ2n) is 8.72. The maximum atomic E-state index is 5.74. The number of aliphatic imine (C=N–C) groups is 1. The van der Waals surface area contributed by atoms with Crippen LogP contribution in [0, 0.1) is 19.8 Å². The summed E-state index contributed by atoms with van der Waals surface area (Å²) in [6.45, 7) is 11.6. The van der Waals surface area contributed by atoms with Gasteiger partial charge in [0.15, 0.2) is 5.96 Å². The second-order valence-corrected chi connectivity index (χ2v) is 8.72. The van der Waals surface area contributed by atoms with E-state index in [-0.39, 0.29) is 24.0 Å². The summed E-state index contributed by atoms with van der Waals surface area (Å²) in [6, 6.07) is 8.46. The maximum absolute atomic E-state index is 5.74. The normalized spacial score (nSPS) is 15.5. The molecule has 8 heteroatoms. The highest BCUT2D eigenvalue weighted by Crippen LogP contribution is 2.20. The summed E-state index contributed by atoms with van der Waals surface area (Å²) in [7, 11) is 0. The number of hydrogen-bond acceptors (Lipinski definition) is 4. The van der Waals surface area contributed by atoms with Crippen LogP contribution in [0.3, 0.4) is 0 Å². The average molecular weight is 565 g/mol. The number of halogens is 1. The third-order valence-corrected chi connectivity index (χ3v) is 6.35. The monoisotopic (exact) mass is 564 g/mol. The fourth-order valence-electron chi connectivity index (χ4n) is 4.34. The van der Waals surface area contributed by atoms with E-state index in [1.165, 1.54) is 16.5 Å². The molecule has 1 aliphatic heterocycles. The molecule has 1 fully saturated rings. The first kappa shape index (κ1) is 25.6. The molecule has 0 bridgehead atoms. The van der Waals surface area contributed by atoms with Crippen LogP contribution in [0.5, 0.6) is 0 Å². The Morgan fingerprint density at radius 1 is 1.21 bits per heavy atom. The van der Waals surface area contributed by atoms with Gasteiger partial charge in [0.25, 0.3) is 0 Å². The van der Waals surface area contributed by atoms with Gasteiger partial charge in [-0.05, 0) is 70.7 Å². The van der Waals surface area contributed by atoms with Gasteiger partial charge >= 0.3 is 0 Å². The number of aryl methyl sites for hydroxylation is 2. The molecule has 3 N–H and O–H groups in total. The first-order chi connectivity index (χ1) is 15.6. The van der Waals surface area contributed by atoms with Crippen molar-refractivity contribution in [3.05, 3.63) is 53.4 Å². The Morgan fingerprint density at radius 3 is 2.73 bits per heavy atom. The summed E-state index contributed by atoms with van der Waals surface area (Å²) in [6.07, 6.45) is 5.41. The number of fused-ring (bicyclic) bond motifs is 1. The van der Waals surface area contributed by atoms with Gasteiger partial charge in [0.2, 0.25) is 5.89 Å². The van der Waals surface area contributed by atoms with Gasteiger partial charge in [0.05, 0.1) is 12.2 Å². The third kappa shape index (κ3) is 6.96. The van der Waals surface area contributed by atoms with E-state index in [4.69, 9.17) is 9.41 Å². The standard InChI is InChI=1S/C25H36N6O.HI/c1-4-26-25(27-12-9-21-16-28-23-8-6-5-7-22(21)23)29-15-20-10-13-31(14-11-20)17-24-30-18(2)19(3)32-24;/h5-8,16,20,28H,4,9-15,17H2,1-3H3,(H2,26,27,29);1H. The predicted octanol–water partition coefficient (Wildman–Crippen LogP) is 4.40. The van der Waals surface area contributed by atoms with Crippen LogP contribution in [0.25, 0.3) is 10.9 Å². The van der Waals surface area contributed by atoms with Crippen molar-refractivity contribution in [2.75, 3.05) is 32.7 Å². The van der Waals surface area contributed by atoms with E-state index in [0.717, 1.165) is 81.8 Å². The Labute approximate surface area is 213 Å². The van der Waals surface area contributed by atoms with E-state index in [1.807, 2.05) is 13.8 Å². The first-order valence-electron chi connectivity index (χ1n) is 11.8. The molecule has 3 heterocycles. The van der Waals surface area contributed by atoms with Crippen LogP contribution in [0.15, 0.2) is 39.9 Å². The quantitative estimate of drug-likeness (QED) is 0.215. The number of H-pyrrole nitrogens is 1. The highest BCUT2D eigenvalue weighted by atomic mass is 127. The first-order valence-corrected chi connectivity index (χ1v) is 11.8. The molecule has 1 aromatic carbocycles. The van der Waals surface area contributed by atoms with E-state index in [0.29, 0.717) is 5.92 Å². The zero-order valence-corrected chi connectivity index (χ0v) is 22.3. The molecule has 0 amide bonds. The lowest BCUT2D eigenvalue weighted by atomic mass is 9.97. The predicted molar refractivity (Wildman–Crippen MR) is 145 cm³/mol. The summed E-state index contributed by atoms with van der Waals surface area (Å²) in [4.78, 5) is 15.2. The minimum atomic E-state index is 0. The maximum Gasteiger partial charge on any atom is 0.208 e. The topological polar surface area (TPSA) is 81.5 Å². The molecular formula is C25H37IN6O. The average Bonchev–Trinajstić information content (AvgIpc) is 3.35. The second kappa shape index (κ2) is 12.4. The number of aromatic nitrogens is 2. The highest BCUT2D eigenvalue weighted by Gasteiger charge is 2.21. The van der Waals surface area contributed by atoms with Crippen molar-refractivity contribution in [3.8, 4) is 0 Å². The molecule has 1 aliphatic rings. The number of guanidine groups is 1. The number of nitrogens with one attached hydrogen (secondary N) is 3. The molecule has 33 heavy (non-hydrogen) atoms. The van der Waals surface area contributed by atoms with Crippen LogP contribution in [0.2, 0.25) is 0 Å². The summed E-state index contributed by atoms with van der Waals surface area (Å²) in [5, 5.41) is 8.20. The summed E-state index contributed by atoms with van der Waals surface area (Å²) in [5.74, 6) is 3.31. The van der Waals surface area contributed by atoms with Crippen LogP contribution >= 0.6 is 24.0 Å². The van der Waals surface area contributed by atoms with Gasteiger partial charge in [-0.3, -0.25) is 9.89 Å². The summed E-state index contributed by atoms with van der Waals surface area (Å²) < 4.78 is 5.74. The molecule has 0 aliphatic carbocycles. The number of oxazole rings is 1. The minimum absolute atomic E-state index is 0. The SMILES string of the molecule is CCNC(=NCC1CCN(Cc2nc(C)c(C)o2)CC1)NCCc1c[nH]c2ccccc12.I. The molecule has 2 aromatic heterocycles. The van der Waals surface area contributed by atoms with Gasteiger partial charge in [-0.1, -0.05) is 18.2 Å². The molecule has 0 spiro atoms. The van der Waals surface area contributed by atoms with Crippen LogP contribution < -0.4 is 10.6 Å². The number of aromatic amines is 1. The molecule has 3 aromatic rings. The largest absolute Gasteiger partial charge is 0.444 e. The van der Waals surface area contributed by atoms with Gasteiger partial charge in [0, 0.05) is 36.7 Å². The van der Waals surface area contributed by atoms with E-state index in [2.05, 4.69) is 62.9 Å². The fourth-order valence-corrected chi connectivity index (χ4v) is 4.34.